The van der Waals surface area contributed by atoms with Crippen LogP contribution in [0.15, 0.2) is 24.3 Å². The molecule has 0 saturated heterocycles. The Morgan fingerprint density at radius 1 is 1.29 bits per heavy atom. The number of hydrogen-bond donors (Lipinski definition) is 0. The van der Waals surface area contributed by atoms with Gasteiger partial charge in [-0.1, -0.05) is 26.0 Å². The van der Waals surface area contributed by atoms with Crippen molar-refractivity contribution < 1.29 is 14.3 Å². The Morgan fingerprint density at radius 2 is 2.00 bits per heavy atom. The predicted octanol–water partition coefficient (Wildman–Crippen LogP) is 2.77. The summed E-state index contributed by atoms with van der Waals surface area (Å²) in [6.45, 7) is 5.17. The molecule has 17 heavy (non-hydrogen) atoms. The van der Waals surface area contributed by atoms with E-state index in [4.69, 9.17) is 4.74 Å². The third-order valence-electron chi connectivity index (χ3n) is 2.46. The van der Waals surface area contributed by atoms with Crippen LogP contribution >= 0.6 is 0 Å². The fourth-order valence-electron chi connectivity index (χ4n) is 1.49. The highest BCUT2D eigenvalue weighted by atomic mass is 16.5. The number of benzene rings is 1. The van der Waals surface area contributed by atoms with Crippen LogP contribution in [0.3, 0.4) is 0 Å². The molecule has 0 aromatic heterocycles. The monoisotopic (exact) mass is 234 g/mol. The zero-order chi connectivity index (χ0) is 12.8. The van der Waals surface area contributed by atoms with Crippen LogP contribution in [0.5, 0.6) is 5.75 Å². The van der Waals surface area contributed by atoms with E-state index in [1.807, 2.05) is 26.0 Å². The Morgan fingerprint density at radius 3 is 2.59 bits per heavy atom. The van der Waals surface area contributed by atoms with Crippen LogP contribution in [-0.4, -0.2) is 11.8 Å². The lowest BCUT2D eigenvalue weighted by Gasteiger charge is -2.06. The second-order valence-corrected chi connectivity index (χ2v) is 4.36. The van der Waals surface area contributed by atoms with E-state index in [1.54, 1.807) is 12.1 Å². The van der Waals surface area contributed by atoms with Gasteiger partial charge in [0.2, 0.25) is 0 Å². The number of aryl methyl sites for hydroxylation is 1. The highest BCUT2D eigenvalue weighted by Gasteiger charge is 2.07. The molecule has 0 fully saturated rings. The predicted molar refractivity (Wildman–Crippen MR) is 65.9 cm³/mol. The van der Waals surface area contributed by atoms with Crippen molar-refractivity contribution in [2.75, 3.05) is 0 Å². The SMILES string of the molecule is CC(=O)Oc1cccc(CCC(=O)C(C)C)c1. The Labute approximate surface area is 102 Å². The minimum Gasteiger partial charge on any atom is -0.427 e. The van der Waals surface area contributed by atoms with Crippen molar-refractivity contribution in [3.63, 3.8) is 0 Å². The van der Waals surface area contributed by atoms with E-state index in [9.17, 15) is 9.59 Å². The summed E-state index contributed by atoms with van der Waals surface area (Å²) in [6, 6.07) is 7.29. The highest BCUT2D eigenvalue weighted by molar-refractivity contribution is 5.80. The number of ketones is 1. The number of hydrogen-bond acceptors (Lipinski definition) is 3. The molecule has 0 saturated carbocycles. The molecule has 0 spiro atoms. The summed E-state index contributed by atoms with van der Waals surface area (Å²) < 4.78 is 4.99. The summed E-state index contributed by atoms with van der Waals surface area (Å²) in [5.74, 6) is 0.530. The molecular formula is C14H18O3. The van der Waals surface area contributed by atoms with E-state index >= 15 is 0 Å². The number of Topliss-reactive ketones (excluding diaryl/α,β-unsaturated/α-hetero) is 1. The molecule has 0 unspecified atom stereocenters. The third-order valence-corrected chi connectivity index (χ3v) is 2.46. The summed E-state index contributed by atoms with van der Waals surface area (Å²) in [5, 5.41) is 0. The van der Waals surface area contributed by atoms with Crippen LogP contribution in [0, 0.1) is 5.92 Å². The minimum atomic E-state index is -0.333. The van der Waals surface area contributed by atoms with Crippen LogP contribution in [0.25, 0.3) is 0 Å². The summed E-state index contributed by atoms with van der Waals surface area (Å²) in [7, 11) is 0. The summed E-state index contributed by atoms with van der Waals surface area (Å²) in [6.07, 6.45) is 1.22. The molecule has 0 radical (unpaired) electrons. The quantitative estimate of drug-likeness (QED) is 0.581. The molecule has 1 rings (SSSR count). The summed E-state index contributed by atoms with van der Waals surface area (Å²) in [5.41, 5.74) is 1.01. The number of carbonyl (C=O) groups is 2. The van der Waals surface area contributed by atoms with E-state index in [1.165, 1.54) is 6.92 Å². The average molecular weight is 234 g/mol. The van der Waals surface area contributed by atoms with Gasteiger partial charge in [-0.3, -0.25) is 9.59 Å². The van der Waals surface area contributed by atoms with Crippen LogP contribution in [0.2, 0.25) is 0 Å². The molecular weight excluding hydrogens is 216 g/mol. The Hall–Kier alpha value is -1.64. The maximum absolute atomic E-state index is 11.5. The fraction of sp³-hybridized carbons (Fsp3) is 0.429. The second kappa shape index (κ2) is 6.18. The molecule has 0 N–H and O–H groups in total. The van der Waals surface area contributed by atoms with E-state index < -0.39 is 0 Å². The van der Waals surface area contributed by atoms with Gasteiger partial charge in [-0.25, -0.2) is 0 Å². The van der Waals surface area contributed by atoms with E-state index in [-0.39, 0.29) is 17.7 Å². The molecule has 0 bridgehead atoms. The normalized spacial score (nSPS) is 10.4. The van der Waals surface area contributed by atoms with E-state index in [0.29, 0.717) is 18.6 Å². The Balaban J connectivity index is 2.60. The molecule has 1 aromatic carbocycles. The van der Waals surface area contributed by atoms with Crippen molar-refractivity contribution in [1.29, 1.82) is 0 Å². The van der Waals surface area contributed by atoms with Crippen LogP contribution < -0.4 is 4.74 Å². The van der Waals surface area contributed by atoms with Crippen molar-refractivity contribution in [2.24, 2.45) is 5.92 Å². The van der Waals surface area contributed by atoms with Gasteiger partial charge in [0.25, 0.3) is 0 Å². The molecule has 3 heteroatoms. The van der Waals surface area contributed by atoms with Gasteiger partial charge in [0.15, 0.2) is 0 Å². The summed E-state index contributed by atoms with van der Waals surface area (Å²) >= 11 is 0. The van der Waals surface area contributed by atoms with Crippen molar-refractivity contribution in [2.45, 2.75) is 33.6 Å². The van der Waals surface area contributed by atoms with Crippen LogP contribution in [0.1, 0.15) is 32.8 Å². The lowest BCUT2D eigenvalue weighted by atomic mass is 10.0. The first-order valence-electron chi connectivity index (χ1n) is 5.79. The molecule has 0 aliphatic heterocycles. The minimum absolute atomic E-state index is 0.0756. The van der Waals surface area contributed by atoms with Crippen molar-refractivity contribution >= 4 is 11.8 Å². The first-order chi connectivity index (χ1) is 7.99. The fourth-order valence-corrected chi connectivity index (χ4v) is 1.49. The molecule has 0 aliphatic rings. The van der Waals surface area contributed by atoms with Crippen LogP contribution in [-0.2, 0) is 16.0 Å². The zero-order valence-corrected chi connectivity index (χ0v) is 10.5. The van der Waals surface area contributed by atoms with Gasteiger partial charge in [-0.2, -0.15) is 0 Å². The average Bonchev–Trinajstić information content (AvgIpc) is 2.25. The standard InChI is InChI=1S/C14H18O3/c1-10(2)14(16)8-7-12-5-4-6-13(9-12)17-11(3)15/h4-6,9-10H,7-8H2,1-3H3. The molecule has 1 aromatic rings. The topological polar surface area (TPSA) is 43.4 Å². The number of ether oxygens (including phenoxy) is 1. The van der Waals surface area contributed by atoms with Crippen molar-refractivity contribution in [3.8, 4) is 5.75 Å². The Kier molecular flexibility index (Phi) is 4.88. The smallest absolute Gasteiger partial charge is 0.308 e. The first-order valence-corrected chi connectivity index (χ1v) is 5.79. The largest absolute Gasteiger partial charge is 0.427 e. The van der Waals surface area contributed by atoms with Gasteiger partial charge in [0, 0.05) is 19.3 Å². The van der Waals surface area contributed by atoms with Crippen LogP contribution in [0.4, 0.5) is 0 Å². The van der Waals surface area contributed by atoms with Gasteiger partial charge in [0.1, 0.15) is 11.5 Å². The molecule has 0 heterocycles. The van der Waals surface area contributed by atoms with E-state index in [0.717, 1.165) is 5.56 Å². The Bertz CT molecular complexity index is 408. The summed E-state index contributed by atoms with van der Waals surface area (Å²) in [4.78, 5) is 22.3. The third kappa shape index (κ3) is 4.81. The molecule has 0 amide bonds. The van der Waals surface area contributed by atoms with Gasteiger partial charge in [0.05, 0.1) is 0 Å². The first kappa shape index (κ1) is 13.4. The van der Waals surface area contributed by atoms with Gasteiger partial charge in [-0.05, 0) is 24.1 Å². The maximum Gasteiger partial charge on any atom is 0.308 e. The number of rotatable bonds is 5. The number of esters is 1. The second-order valence-electron chi connectivity index (χ2n) is 4.36. The number of carbonyl (C=O) groups excluding carboxylic acids is 2. The molecule has 3 nitrogen and oxygen atoms in total. The van der Waals surface area contributed by atoms with Gasteiger partial charge < -0.3 is 4.74 Å². The maximum atomic E-state index is 11.5. The van der Waals surface area contributed by atoms with E-state index in [2.05, 4.69) is 0 Å². The lowest BCUT2D eigenvalue weighted by molar-refractivity contribution is -0.131. The molecule has 0 atom stereocenters. The molecule has 0 aliphatic carbocycles. The van der Waals surface area contributed by atoms with Crippen molar-refractivity contribution in [1.82, 2.24) is 0 Å². The lowest BCUT2D eigenvalue weighted by Crippen LogP contribution is -2.08. The highest BCUT2D eigenvalue weighted by Crippen LogP contribution is 2.15. The zero-order valence-electron chi connectivity index (χ0n) is 10.5. The van der Waals surface area contributed by atoms with Crippen molar-refractivity contribution in [3.05, 3.63) is 29.8 Å². The molecule has 92 valence electrons. The van der Waals surface area contributed by atoms with Gasteiger partial charge >= 0.3 is 5.97 Å². The van der Waals surface area contributed by atoms with Gasteiger partial charge in [-0.15, -0.1) is 0 Å².